The van der Waals surface area contributed by atoms with Crippen molar-refractivity contribution in [3.8, 4) is 5.75 Å². The monoisotopic (exact) mass is 181 g/mol. The minimum absolute atomic E-state index is 0.444. The quantitative estimate of drug-likeness (QED) is 0.561. The molecule has 0 spiro atoms. The Kier molecular flexibility index (Phi) is 5.35. The lowest BCUT2D eigenvalue weighted by Gasteiger charge is -2.01. The first-order chi connectivity index (χ1) is 6.27. The highest BCUT2D eigenvalue weighted by Crippen LogP contribution is 2.17. The molecule has 13 heavy (non-hydrogen) atoms. The van der Waals surface area contributed by atoms with Crippen LogP contribution in [0.2, 0.25) is 0 Å². The molecule has 0 aromatic heterocycles. The molecule has 0 heterocycles. The van der Waals surface area contributed by atoms with Crippen molar-refractivity contribution in [1.29, 1.82) is 0 Å². The summed E-state index contributed by atoms with van der Waals surface area (Å²) in [5.41, 5.74) is 6.43. The van der Waals surface area contributed by atoms with Crippen LogP contribution >= 0.6 is 0 Å². The van der Waals surface area contributed by atoms with Crippen LogP contribution in [0.3, 0.4) is 0 Å². The third-order valence-corrected chi connectivity index (χ3v) is 1.42. The van der Waals surface area contributed by atoms with E-state index in [4.69, 9.17) is 10.5 Å². The van der Waals surface area contributed by atoms with Crippen molar-refractivity contribution in [3.63, 3.8) is 0 Å². The highest BCUT2D eigenvalue weighted by atomic mass is 16.5. The number of carbonyl (C=O) groups excluding carboxylic acids is 1. The molecule has 72 valence electrons. The van der Waals surface area contributed by atoms with Gasteiger partial charge in [0.25, 0.3) is 0 Å². The Hall–Kier alpha value is -1.51. The van der Waals surface area contributed by atoms with Gasteiger partial charge in [-0.15, -0.1) is 0 Å². The van der Waals surface area contributed by atoms with Crippen LogP contribution in [0.15, 0.2) is 18.2 Å². The van der Waals surface area contributed by atoms with E-state index in [1.54, 1.807) is 25.3 Å². The zero-order chi connectivity index (χ0) is 10.3. The highest BCUT2D eigenvalue weighted by molar-refractivity contribution is 5.83. The molecule has 0 atom stereocenters. The molecule has 2 N–H and O–H groups in total. The number of nitrogens with two attached hydrogens (primary N) is 1. The molecular formula is C10H15NO2. The molecule has 0 aliphatic heterocycles. The number of aldehydes is 1. The van der Waals surface area contributed by atoms with E-state index in [-0.39, 0.29) is 0 Å². The maximum absolute atomic E-state index is 10.3. The van der Waals surface area contributed by atoms with Gasteiger partial charge < -0.3 is 10.5 Å². The fraction of sp³-hybridized carbons (Fsp3) is 0.300. The molecule has 0 bridgehead atoms. The standard InChI is InChI=1S/C8H9NO2.C2H6/c1-11-7-3-2-6(5-10)8(9)4-7;1-2/h2-5H,9H2,1H3;1-2H3. The van der Waals surface area contributed by atoms with Crippen molar-refractivity contribution in [2.24, 2.45) is 0 Å². The molecule has 0 aliphatic carbocycles. The van der Waals surface area contributed by atoms with Gasteiger partial charge in [0.05, 0.1) is 7.11 Å². The number of anilines is 1. The molecule has 0 saturated carbocycles. The van der Waals surface area contributed by atoms with Crippen molar-refractivity contribution in [2.45, 2.75) is 13.8 Å². The molecule has 1 aromatic rings. The summed E-state index contributed by atoms with van der Waals surface area (Å²) < 4.78 is 4.90. The zero-order valence-corrected chi connectivity index (χ0v) is 8.20. The second-order valence-corrected chi connectivity index (χ2v) is 2.11. The van der Waals surface area contributed by atoms with E-state index in [2.05, 4.69) is 0 Å². The van der Waals surface area contributed by atoms with Gasteiger partial charge in [0.15, 0.2) is 6.29 Å². The summed E-state index contributed by atoms with van der Waals surface area (Å²) in [5.74, 6) is 0.660. The molecule has 1 aromatic carbocycles. The summed E-state index contributed by atoms with van der Waals surface area (Å²) in [7, 11) is 1.55. The second kappa shape index (κ2) is 6.06. The van der Waals surface area contributed by atoms with Crippen molar-refractivity contribution in [2.75, 3.05) is 12.8 Å². The Bertz CT molecular complexity index is 272. The topological polar surface area (TPSA) is 52.3 Å². The van der Waals surface area contributed by atoms with Gasteiger partial charge in [0.2, 0.25) is 0 Å². The lowest BCUT2D eigenvalue weighted by atomic mass is 10.2. The first-order valence-corrected chi connectivity index (χ1v) is 4.16. The van der Waals surface area contributed by atoms with E-state index in [1.807, 2.05) is 13.8 Å². The fourth-order valence-corrected chi connectivity index (χ4v) is 0.787. The number of carbonyl (C=O) groups is 1. The third-order valence-electron chi connectivity index (χ3n) is 1.42. The second-order valence-electron chi connectivity index (χ2n) is 2.11. The summed E-state index contributed by atoms with van der Waals surface area (Å²) in [6.45, 7) is 4.00. The third kappa shape index (κ3) is 3.15. The summed E-state index contributed by atoms with van der Waals surface area (Å²) in [5, 5.41) is 0. The minimum Gasteiger partial charge on any atom is -0.497 e. The minimum atomic E-state index is 0.444. The van der Waals surface area contributed by atoms with Crippen LogP contribution in [0.4, 0.5) is 5.69 Å². The first-order valence-electron chi connectivity index (χ1n) is 4.16. The molecule has 1 rings (SSSR count). The molecule has 0 unspecified atom stereocenters. The van der Waals surface area contributed by atoms with Crippen LogP contribution in [0, 0.1) is 0 Å². The van der Waals surface area contributed by atoms with Crippen LogP contribution in [-0.4, -0.2) is 13.4 Å². The SMILES string of the molecule is CC.COc1ccc(C=O)c(N)c1. The smallest absolute Gasteiger partial charge is 0.152 e. The number of ether oxygens (including phenoxy) is 1. The average molecular weight is 181 g/mol. The molecule has 3 nitrogen and oxygen atoms in total. The van der Waals surface area contributed by atoms with Crippen LogP contribution in [0.25, 0.3) is 0 Å². The van der Waals surface area contributed by atoms with Crippen LogP contribution < -0.4 is 10.5 Å². The number of nitrogen functional groups attached to an aromatic ring is 1. The maximum Gasteiger partial charge on any atom is 0.152 e. The van der Waals surface area contributed by atoms with Crippen LogP contribution in [0.1, 0.15) is 24.2 Å². The van der Waals surface area contributed by atoms with Gasteiger partial charge in [0, 0.05) is 17.3 Å². The highest BCUT2D eigenvalue weighted by Gasteiger charge is 1.97. The fourth-order valence-electron chi connectivity index (χ4n) is 0.787. The lowest BCUT2D eigenvalue weighted by molar-refractivity contribution is 0.112. The zero-order valence-electron chi connectivity index (χ0n) is 8.20. The van der Waals surface area contributed by atoms with Crippen LogP contribution in [0.5, 0.6) is 5.75 Å². The molecule has 0 radical (unpaired) electrons. The molecule has 0 aliphatic rings. The van der Waals surface area contributed by atoms with Crippen molar-refractivity contribution in [1.82, 2.24) is 0 Å². The van der Waals surface area contributed by atoms with Crippen LogP contribution in [-0.2, 0) is 0 Å². The largest absolute Gasteiger partial charge is 0.497 e. The summed E-state index contributed by atoms with van der Waals surface area (Å²) in [6.07, 6.45) is 0.717. The average Bonchev–Trinajstić information content (AvgIpc) is 2.20. The predicted molar refractivity (Wildman–Crippen MR) is 54.1 cm³/mol. The Labute approximate surface area is 78.5 Å². The Morgan fingerprint density at radius 3 is 2.38 bits per heavy atom. The molecule has 0 amide bonds. The van der Waals surface area contributed by atoms with E-state index in [0.717, 1.165) is 6.29 Å². The summed E-state index contributed by atoms with van der Waals surface area (Å²) in [6, 6.07) is 4.94. The molecule has 0 saturated heterocycles. The Balaban J connectivity index is 0.000000671. The number of hydrogen-bond acceptors (Lipinski definition) is 3. The van der Waals surface area contributed by atoms with E-state index in [1.165, 1.54) is 0 Å². The van der Waals surface area contributed by atoms with E-state index in [9.17, 15) is 4.79 Å². The maximum atomic E-state index is 10.3. The summed E-state index contributed by atoms with van der Waals surface area (Å²) in [4.78, 5) is 10.3. The van der Waals surface area contributed by atoms with Gasteiger partial charge in [-0.2, -0.15) is 0 Å². The Morgan fingerprint density at radius 1 is 1.38 bits per heavy atom. The van der Waals surface area contributed by atoms with Gasteiger partial charge in [-0.3, -0.25) is 4.79 Å². The van der Waals surface area contributed by atoms with Crippen molar-refractivity contribution in [3.05, 3.63) is 23.8 Å². The van der Waals surface area contributed by atoms with Gasteiger partial charge in [-0.05, 0) is 12.1 Å². The van der Waals surface area contributed by atoms with E-state index in [0.29, 0.717) is 17.0 Å². The van der Waals surface area contributed by atoms with Gasteiger partial charge in [-0.25, -0.2) is 0 Å². The Morgan fingerprint density at radius 2 is 2.00 bits per heavy atom. The predicted octanol–water partition coefficient (Wildman–Crippen LogP) is 2.12. The molecule has 0 fully saturated rings. The van der Waals surface area contributed by atoms with E-state index < -0.39 is 0 Å². The number of benzene rings is 1. The van der Waals surface area contributed by atoms with Gasteiger partial charge >= 0.3 is 0 Å². The summed E-state index contributed by atoms with van der Waals surface area (Å²) >= 11 is 0. The molecular weight excluding hydrogens is 166 g/mol. The normalized spacial score (nSPS) is 8.23. The van der Waals surface area contributed by atoms with Crippen molar-refractivity contribution < 1.29 is 9.53 Å². The van der Waals surface area contributed by atoms with E-state index >= 15 is 0 Å². The number of methoxy groups -OCH3 is 1. The van der Waals surface area contributed by atoms with Gasteiger partial charge in [-0.1, -0.05) is 13.8 Å². The number of rotatable bonds is 2. The first kappa shape index (κ1) is 11.5. The lowest BCUT2D eigenvalue weighted by Crippen LogP contribution is -1.93. The number of hydrogen-bond donors (Lipinski definition) is 1. The molecule has 3 heteroatoms. The van der Waals surface area contributed by atoms with Gasteiger partial charge in [0.1, 0.15) is 5.75 Å². The van der Waals surface area contributed by atoms with Crippen molar-refractivity contribution >= 4 is 12.0 Å².